The van der Waals surface area contributed by atoms with Crippen LogP contribution in [0.1, 0.15) is 13.8 Å². The number of hydrogen-bond donors (Lipinski definition) is 0. The van der Waals surface area contributed by atoms with Crippen LogP contribution in [0.15, 0.2) is 0 Å². The molecule has 0 amide bonds. The zero-order valence-electron chi connectivity index (χ0n) is 7.00. The van der Waals surface area contributed by atoms with Crippen molar-refractivity contribution in [3.63, 3.8) is 0 Å². The summed E-state index contributed by atoms with van der Waals surface area (Å²) < 4.78 is 20.9. The molecular weight excluding hydrogens is 179 g/mol. The molecule has 0 spiro atoms. The van der Waals surface area contributed by atoms with E-state index >= 15 is 0 Å². The van der Waals surface area contributed by atoms with Gasteiger partial charge in [0.15, 0.2) is 6.16 Å². The molecule has 0 fully saturated rings. The van der Waals surface area contributed by atoms with Crippen LogP contribution in [0, 0.1) is 0 Å². The normalized spacial score (nSPS) is 11.6. The lowest BCUT2D eigenvalue weighted by Gasteiger charge is -1.91. The van der Waals surface area contributed by atoms with Crippen molar-refractivity contribution < 1.29 is 13.5 Å². The average Bonchev–Trinajstić information content (AvgIpc) is 1.99. The third kappa shape index (κ3) is 8.14. The van der Waals surface area contributed by atoms with E-state index in [0.29, 0.717) is 22.5 Å². The van der Waals surface area contributed by atoms with Gasteiger partial charge in [-0.1, -0.05) is 0 Å². The fourth-order valence-electron chi connectivity index (χ4n) is 0.520. The Balaban J connectivity index is 3.04. The van der Waals surface area contributed by atoms with Crippen LogP contribution in [-0.4, -0.2) is 29.1 Å². The molecule has 0 saturated carbocycles. The lowest BCUT2D eigenvalue weighted by Crippen LogP contribution is -1.98. The monoisotopic (exact) mass is 193 g/mol. The zero-order chi connectivity index (χ0) is 8.53. The molecule has 1 unspecified atom stereocenters. The van der Waals surface area contributed by atoms with Gasteiger partial charge in [0, 0.05) is 12.7 Å². The Morgan fingerprint density at radius 2 is 2.09 bits per heavy atom. The molecule has 1 atom stereocenters. The van der Waals surface area contributed by atoms with Gasteiger partial charge in [-0.25, -0.2) is 0 Å². The van der Waals surface area contributed by atoms with Gasteiger partial charge in [0.05, 0.1) is 6.61 Å². The molecule has 0 heterocycles. The zero-order valence-corrected chi connectivity index (χ0v) is 8.89. The largest absolute Gasteiger partial charge is 0.507 e. The maximum Gasteiger partial charge on any atom is 0.507 e. The van der Waals surface area contributed by atoms with E-state index in [1.54, 1.807) is 0 Å². The van der Waals surface area contributed by atoms with Crippen LogP contribution in [0.25, 0.3) is 0 Å². The van der Waals surface area contributed by atoms with E-state index in [1.165, 1.54) is 0 Å². The van der Waals surface area contributed by atoms with E-state index in [4.69, 9.17) is 8.95 Å². The summed E-state index contributed by atoms with van der Waals surface area (Å²) in [7, 11) is -0.955. The maximum absolute atomic E-state index is 10.9. The molecule has 2 radical (unpaired) electrons. The smallest absolute Gasteiger partial charge is 0.418 e. The first kappa shape index (κ1) is 11.2. The molecule has 0 aliphatic carbocycles. The summed E-state index contributed by atoms with van der Waals surface area (Å²) >= 11 is 0. The van der Waals surface area contributed by atoms with Crippen molar-refractivity contribution in [1.82, 2.24) is 0 Å². The van der Waals surface area contributed by atoms with Crippen molar-refractivity contribution in [2.75, 3.05) is 19.4 Å². The molecule has 0 aromatic heterocycles. The second-order valence-corrected chi connectivity index (χ2v) is 4.25. The Bertz CT molecular complexity index is 110. The van der Waals surface area contributed by atoms with Gasteiger partial charge in [-0.05, 0) is 18.4 Å². The Morgan fingerprint density at radius 1 is 1.36 bits per heavy atom. The van der Waals surface area contributed by atoms with Crippen molar-refractivity contribution in [3.8, 4) is 0 Å². The molecule has 0 aromatic rings. The molecule has 0 aliphatic rings. The van der Waals surface area contributed by atoms with Crippen LogP contribution in [0.4, 0.5) is 0 Å². The first-order chi connectivity index (χ1) is 5.31. The SMILES string of the molecule is CCO[Si]CC[P+](=O)OCC. The Kier molecular flexibility index (Phi) is 8.51. The number of rotatable bonds is 7. The van der Waals surface area contributed by atoms with E-state index in [0.717, 1.165) is 12.7 Å². The van der Waals surface area contributed by atoms with Crippen LogP contribution in [0.5, 0.6) is 0 Å². The van der Waals surface area contributed by atoms with Gasteiger partial charge in [0.1, 0.15) is 0 Å². The van der Waals surface area contributed by atoms with Crippen molar-refractivity contribution in [1.29, 1.82) is 0 Å². The minimum Gasteiger partial charge on any atom is -0.418 e. The summed E-state index contributed by atoms with van der Waals surface area (Å²) in [5.41, 5.74) is 0. The van der Waals surface area contributed by atoms with Crippen molar-refractivity contribution in [2.45, 2.75) is 19.9 Å². The van der Waals surface area contributed by atoms with Gasteiger partial charge in [-0.3, -0.25) is 0 Å². The Morgan fingerprint density at radius 3 is 2.64 bits per heavy atom. The molecule has 0 bridgehead atoms. The summed E-state index contributed by atoms with van der Waals surface area (Å²) in [6.45, 7) is 5.07. The highest BCUT2D eigenvalue weighted by molar-refractivity contribution is 7.39. The molecule has 0 aliphatic heterocycles. The molecule has 5 heteroatoms. The molecule has 64 valence electrons. The third-order valence-corrected chi connectivity index (χ3v) is 3.42. The predicted molar refractivity (Wildman–Crippen MR) is 46.3 cm³/mol. The lowest BCUT2D eigenvalue weighted by molar-refractivity contribution is 0.347. The molecule has 0 N–H and O–H groups in total. The van der Waals surface area contributed by atoms with Gasteiger partial charge in [0.2, 0.25) is 9.76 Å². The van der Waals surface area contributed by atoms with Gasteiger partial charge in [0.25, 0.3) is 0 Å². The topological polar surface area (TPSA) is 35.5 Å². The van der Waals surface area contributed by atoms with Gasteiger partial charge in [-0.15, -0.1) is 4.52 Å². The molecule has 0 aromatic carbocycles. The molecular formula is C6H14O3PSi+. The Labute approximate surface area is 71.3 Å². The van der Waals surface area contributed by atoms with Gasteiger partial charge < -0.3 is 4.43 Å². The third-order valence-electron chi connectivity index (χ3n) is 0.916. The fraction of sp³-hybridized carbons (Fsp3) is 1.00. The van der Waals surface area contributed by atoms with Crippen molar-refractivity contribution in [2.24, 2.45) is 0 Å². The van der Waals surface area contributed by atoms with E-state index in [9.17, 15) is 4.57 Å². The molecule has 0 rings (SSSR count). The first-order valence-corrected chi connectivity index (χ1v) is 6.21. The maximum atomic E-state index is 10.9. The van der Waals surface area contributed by atoms with Crippen molar-refractivity contribution >= 4 is 17.8 Å². The van der Waals surface area contributed by atoms with E-state index < -0.39 is 8.03 Å². The van der Waals surface area contributed by atoms with Crippen LogP contribution in [0.2, 0.25) is 6.04 Å². The highest BCUT2D eigenvalue weighted by Crippen LogP contribution is 2.22. The quantitative estimate of drug-likeness (QED) is 0.351. The second kappa shape index (κ2) is 8.33. The minimum atomic E-state index is -1.42. The fourth-order valence-corrected chi connectivity index (χ4v) is 2.38. The standard InChI is InChI=1S/C6H14O3PSi/c1-3-8-10(7)5-6-11-9-4-2/h3-6H2,1-2H3/q+1. The summed E-state index contributed by atoms with van der Waals surface area (Å²) in [4.78, 5) is 0. The molecule has 3 nitrogen and oxygen atoms in total. The summed E-state index contributed by atoms with van der Waals surface area (Å²) in [5, 5.41) is 0. The van der Waals surface area contributed by atoms with Crippen LogP contribution < -0.4 is 0 Å². The van der Waals surface area contributed by atoms with Gasteiger partial charge >= 0.3 is 8.03 Å². The first-order valence-electron chi connectivity index (χ1n) is 3.73. The minimum absolute atomic E-state index is 0.466. The molecule has 0 saturated heterocycles. The Hall–Kier alpha value is 0.237. The van der Waals surface area contributed by atoms with E-state index in [-0.39, 0.29) is 0 Å². The van der Waals surface area contributed by atoms with Gasteiger partial charge in [-0.2, -0.15) is 0 Å². The summed E-state index contributed by atoms with van der Waals surface area (Å²) in [5.74, 6) is 0. The summed E-state index contributed by atoms with van der Waals surface area (Å²) in [6.07, 6.45) is 0.627. The second-order valence-electron chi connectivity index (χ2n) is 1.80. The highest BCUT2D eigenvalue weighted by atomic mass is 31.1. The predicted octanol–water partition coefficient (Wildman–Crippen LogP) is 1.84. The van der Waals surface area contributed by atoms with E-state index in [2.05, 4.69) is 0 Å². The lowest BCUT2D eigenvalue weighted by atomic mass is 10.9. The number of hydrogen-bond acceptors (Lipinski definition) is 3. The average molecular weight is 193 g/mol. The highest BCUT2D eigenvalue weighted by Gasteiger charge is 2.14. The van der Waals surface area contributed by atoms with Crippen LogP contribution >= 0.6 is 8.03 Å². The summed E-state index contributed by atoms with van der Waals surface area (Å²) in [6, 6.07) is 0.850. The van der Waals surface area contributed by atoms with Crippen LogP contribution in [0.3, 0.4) is 0 Å². The molecule has 11 heavy (non-hydrogen) atoms. The van der Waals surface area contributed by atoms with Crippen LogP contribution in [-0.2, 0) is 13.5 Å². The van der Waals surface area contributed by atoms with Crippen molar-refractivity contribution in [3.05, 3.63) is 0 Å². The van der Waals surface area contributed by atoms with E-state index in [1.807, 2.05) is 13.8 Å².